The average molecular weight is 302 g/mol. The second-order valence-electron chi connectivity index (χ2n) is 4.51. The van der Waals surface area contributed by atoms with Crippen LogP contribution in [0.3, 0.4) is 0 Å². The highest BCUT2D eigenvalue weighted by Crippen LogP contribution is 2.14. The number of hydrogen-bond donors (Lipinski definition) is 0. The highest BCUT2D eigenvalue weighted by molar-refractivity contribution is 7.07. The van der Waals surface area contributed by atoms with E-state index in [1.807, 2.05) is 16.8 Å². The van der Waals surface area contributed by atoms with Gasteiger partial charge in [-0.3, -0.25) is 14.9 Å². The number of rotatable bonds is 5. The van der Waals surface area contributed by atoms with E-state index in [1.54, 1.807) is 41.5 Å². The van der Waals surface area contributed by atoms with Crippen molar-refractivity contribution in [2.45, 2.75) is 6.54 Å². The Bertz CT molecular complexity index is 665. The summed E-state index contributed by atoms with van der Waals surface area (Å²) in [6, 6.07) is 8.14. The molecule has 1 heterocycles. The van der Waals surface area contributed by atoms with Crippen LogP contribution in [-0.4, -0.2) is 22.8 Å². The van der Waals surface area contributed by atoms with Crippen LogP contribution in [0.25, 0.3) is 6.08 Å². The van der Waals surface area contributed by atoms with Crippen LogP contribution in [-0.2, 0) is 11.3 Å². The van der Waals surface area contributed by atoms with Crippen molar-refractivity contribution in [2.24, 2.45) is 0 Å². The number of carbonyl (C=O) groups excluding carboxylic acids is 1. The molecule has 6 heteroatoms. The quantitative estimate of drug-likeness (QED) is 0.483. The molecule has 0 radical (unpaired) electrons. The van der Waals surface area contributed by atoms with Crippen LogP contribution in [0.5, 0.6) is 0 Å². The van der Waals surface area contributed by atoms with Gasteiger partial charge in [0.15, 0.2) is 0 Å². The summed E-state index contributed by atoms with van der Waals surface area (Å²) in [6.45, 7) is 0.543. The van der Waals surface area contributed by atoms with E-state index in [9.17, 15) is 14.9 Å². The Balaban J connectivity index is 2.01. The molecule has 1 aromatic carbocycles. The van der Waals surface area contributed by atoms with E-state index in [2.05, 4.69) is 0 Å². The van der Waals surface area contributed by atoms with Crippen LogP contribution in [0.2, 0.25) is 0 Å². The Labute approximate surface area is 126 Å². The number of thiophene rings is 1. The van der Waals surface area contributed by atoms with E-state index >= 15 is 0 Å². The van der Waals surface area contributed by atoms with Gasteiger partial charge in [-0.2, -0.15) is 11.3 Å². The monoisotopic (exact) mass is 302 g/mol. The van der Waals surface area contributed by atoms with Crippen LogP contribution < -0.4 is 0 Å². The maximum absolute atomic E-state index is 12.0. The van der Waals surface area contributed by atoms with Crippen molar-refractivity contribution in [3.05, 3.63) is 68.4 Å². The maximum atomic E-state index is 12.0. The molecule has 0 bridgehead atoms. The van der Waals surface area contributed by atoms with Gasteiger partial charge < -0.3 is 4.90 Å². The number of amides is 1. The topological polar surface area (TPSA) is 63.5 Å². The Kier molecular flexibility index (Phi) is 4.84. The molecular weight excluding hydrogens is 288 g/mol. The van der Waals surface area contributed by atoms with Crippen LogP contribution in [0, 0.1) is 10.1 Å². The van der Waals surface area contributed by atoms with E-state index < -0.39 is 4.92 Å². The molecule has 5 nitrogen and oxygen atoms in total. The number of non-ortho nitro benzene ring substituents is 1. The number of hydrogen-bond acceptors (Lipinski definition) is 4. The molecular formula is C15H14N2O3S. The zero-order chi connectivity index (χ0) is 15.2. The lowest BCUT2D eigenvalue weighted by Crippen LogP contribution is -2.23. The number of carbonyl (C=O) groups is 1. The van der Waals surface area contributed by atoms with Crippen molar-refractivity contribution in [3.63, 3.8) is 0 Å². The van der Waals surface area contributed by atoms with Gasteiger partial charge in [0.05, 0.1) is 4.92 Å². The third-order valence-electron chi connectivity index (χ3n) is 2.88. The molecule has 0 fully saturated rings. The van der Waals surface area contributed by atoms with Crippen LogP contribution in [0.15, 0.2) is 47.2 Å². The molecule has 0 spiro atoms. The smallest absolute Gasteiger partial charge is 0.270 e. The first kappa shape index (κ1) is 14.9. The van der Waals surface area contributed by atoms with Crippen LogP contribution >= 0.6 is 11.3 Å². The van der Waals surface area contributed by atoms with Crippen LogP contribution in [0.4, 0.5) is 5.69 Å². The minimum absolute atomic E-state index is 0.0104. The molecule has 108 valence electrons. The van der Waals surface area contributed by atoms with E-state index in [1.165, 1.54) is 18.2 Å². The van der Waals surface area contributed by atoms with Gasteiger partial charge in [0.1, 0.15) is 0 Å². The summed E-state index contributed by atoms with van der Waals surface area (Å²) in [5, 5.41) is 14.6. The highest BCUT2D eigenvalue weighted by Gasteiger charge is 2.07. The Hall–Kier alpha value is -2.47. The number of nitro groups is 1. The van der Waals surface area contributed by atoms with Gasteiger partial charge in [0.2, 0.25) is 5.91 Å². The molecule has 0 aliphatic rings. The molecule has 0 saturated carbocycles. The Morgan fingerprint density at radius 1 is 1.43 bits per heavy atom. The Morgan fingerprint density at radius 2 is 2.24 bits per heavy atom. The number of nitrogens with zero attached hydrogens (tertiary/aromatic N) is 2. The minimum atomic E-state index is -0.456. The standard InChI is InChI=1S/C15H14N2O3S/c1-16(10-13-7-8-21-11-13)15(18)6-5-12-3-2-4-14(9-12)17(19)20/h2-9,11H,10H2,1H3/b6-5+. The summed E-state index contributed by atoms with van der Waals surface area (Å²) in [4.78, 5) is 23.8. The van der Waals surface area contributed by atoms with Crippen LogP contribution in [0.1, 0.15) is 11.1 Å². The van der Waals surface area contributed by atoms with E-state index in [0.29, 0.717) is 12.1 Å². The molecule has 1 amide bonds. The first-order valence-electron chi connectivity index (χ1n) is 6.25. The summed E-state index contributed by atoms with van der Waals surface area (Å²) in [5.74, 6) is -0.146. The summed E-state index contributed by atoms with van der Waals surface area (Å²) in [7, 11) is 1.72. The number of benzene rings is 1. The van der Waals surface area contributed by atoms with E-state index in [4.69, 9.17) is 0 Å². The predicted octanol–water partition coefficient (Wildman–Crippen LogP) is 3.33. The third-order valence-corrected chi connectivity index (χ3v) is 3.61. The first-order chi connectivity index (χ1) is 10.1. The van der Waals surface area contributed by atoms with Gasteiger partial charge in [-0.15, -0.1) is 0 Å². The zero-order valence-corrected chi connectivity index (χ0v) is 12.2. The molecule has 0 N–H and O–H groups in total. The molecule has 2 rings (SSSR count). The van der Waals surface area contributed by atoms with Gasteiger partial charge in [0, 0.05) is 31.8 Å². The fourth-order valence-corrected chi connectivity index (χ4v) is 2.43. The SMILES string of the molecule is CN(Cc1ccsc1)C(=O)/C=C/c1cccc([N+](=O)[O-])c1. The molecule has 0 aliphatic heterocycles. The first-order valence-corrected chi connectivity index (χ1v) is 7.19. The zero-order valence-electron chi connectivity index (χ0n) is 11.4. The predicted molar refractivity (Wildman–Crippen MR) is 82.9 cm³/mol. The van der Waals surface area contributed by atoms with Crippen molar-refractivity contribution in [2.75, 3.05) is 7.05 Å². The fraction of sp³-hybridized carbons (Fsp3) is 0.133. The number of nitro benzene ring substituents is 1. The van der Waals surface area contributed by atoms with Crippen molar-refractivity contribution < 1.29 is 9.72 Å². The molecule has 21 heavy (non-hydrogen) atoms. The molecule has 0 atom stereocenters. The summed E-state index contributed by atoms with van der Waals surface area (Å²) >= 11 is 1.59. The largest absolute Gasteiger partial charge is 0.338 e. The maximum Gasteiger partial charge on any atom is 0.270 e. The molecule has 2 aromatic rings. The lowest BCUT2D eigenvalue weighted by Gasteiger charge is -2.13. The molecule has 1 aromatic heterocycles. The minimum Gasteiger partial charge on any atom is -0.338 e. The van der Waals surface area contributed by atoms with Crippen molar-refractivity contribution >= 4 is 29.0 Å². The summed E-state index contributed by atoms with van der Waals surface area (Å²) < 4.78 is 0. The normalized spacial score (nSPS) is 10.7. The van der Waals surface area contributed by atoms with E-state index in [-0.39, 0.29) is 11.6 Å². The van der Waals surface area contributed by atoms with Crippen molar-refractivity contribution in [1.82, 2.24) is 4.90 Å². The van der Waals surface area contributed by atoms with Crippen molar-refractivity contribution in [1.29, 1.82) is 0 Å². The summed E-state index contributed by atoms with van der Waals surface area (Å²) in [6.07, 6.45) is 3.00. The van der Waals surface area contributed by atoms with Gasteiger partial charge in [-0.1, -0.05) is 12.1 Å². The highest BCUT2D eigenvalue weighted by atomic mass is 32.1. The lowest BCUT2D eigenvalue weighted by molar-refractivity contribution is -0.384. The van der Waals surface area contributed by atoms with Crippen molar-refractivity contribution in [3.8, 4) is 0 Å². The Morgan fingerprint density at radius 3 is 2.90 bits per heavy atom. The third kappa shape index (κ3) is 4.25. The molecule has 0 unspecified atom stereocenters. The second kappa shape index (κ2) is 6.81. The van der Waals surface area contributed by atoms with Gasteiger partial charge in [-0.05, 0) is 34.0 Å². The molecule has 0 saturated heterocycles. The number of likely N-dealkylation sites (N-methyl/N-ethyl adjacent to an activating group) is 1. The lowest BCUT2D eigenvalue weighted by atomic mass is 10.2. The molecule has 0 aliphatic carbocycles. The van der Waals surface area contributed by atoms with Gasteiger partial charge in [0.25, 0.3) is 5.69 Å². The van der Waals surface area contributed by atoms with Gasteiger partial charge >= 0.3 is 0 Å². The summed E-state index contributed by atoms with van der Waals surface area (Å²) in [5.41, 5.74) is 1.72. The van der Waals surface area contributed by atoms with Gasteiger partial charge in [-0.25, -0.2) is 0 Å². The fourth-order valence-electron chi connectivity index (χ4n) is 1.77. The van der Waals surface area contributed by atoms with E-state index in [0.717, 1.165) is 5.56 Å². The average Bonchev–Trinajstić information content (AvgIpc) is 2.97. The second-order valence-corrected chi connectivity index (χ2v) is 5.29.